The molecule has 1 atom stereocenters. The summed E-state index contributed by atoms with van der Waals surface area (Å²) in [6.45, 7) is 4.56. The average Bonchev–Trinajstić information content (AvgIpc) is 2.49. The normalized spacial score (nSPS) is 11.9. The van der Waals surface area contributed by atoms with Gasteiger partial charge in [-0.2, -0.15) is 0 Å². The van der Waals surface area contributed by atoms with Crippen LogP contribution < -0.4 is 25.8 Å². The summed E-state index contributed by atoms with van der Waals surface area (Å²) in [5.74, 6) is 1.08. The van der Waals surface area contributed by atoms with Crippen molar-refractivity contribution in [3.8, 4) is 11.5 Å². The van der Waals surface area contributed by atoms with Gasteiger partial charge in [0.25, 0.3) is 5.91 Å². The molecule has 0 aromatic heterocycles. The largest absolute Gasteiger partial charge is 0.493 e. The van der Waals surface area contributed by atoms with Crippen LogP contribution in [0.2, 0.25) is 0 Å². The van der Waals surface area contributed by atoms with Crippen molar-refractivity contribution < 1.29 is 24.4 Å². The molecule has 7 nitrogen and oxygen atoms in total. The summed E-state index contributed by atoms with van der Waals surface area (Å²) in [5, 5.41) is 4.05. The highest BCUT2D eigenvalue weighted by atomic mass is 16.5. The summed E-state index contributed by atoms with van der Waals surface area (Å²) in [6, 6.07) is 4.55. The summed E-state index contributed by atoms with van der Waals surface area (Å²) in [7, 11) is 3.19. The fourth-order valence-electron chi connectivity index (χ4n) is 2.35. The Morgan fingerprint density at radius 2 is 1.87 bits per heavy atom. The number of primary amides is 1. The number of nitrogens with one attached hydrogen (secondary N) is 1. The molecule has 0 saturated heterocycles. The van der Waals surface area contributed by atoms with Crippen LogP contribution in [0.1, 0.15) is 19.4 Å². The van der Waals surface area contributed by atoms with E-state index in [0.717, 1.165) is 12.0 Å². The lowest BCUT2D eigenvalue weighted by atomic mass is 10.0. The molecule has 0 heterocycles. The number of carbonyl (C=O) groups is 2. The number of carbonyl (C=O) groups excluding carboxylic acids is 2. The average molecular weight is 324 g/mol. The van der Waals surface area contributed by atoms with Crippen molar-refractivity contribution >= 4 is 11.9 Å². The highest BCUT2D eigenvalue weighted by Crippen LogP contribution is 2.27. The van der Waals surface area contributed by atoms with Crippen LogP contribution in [0, 0.1) is 5.92 Å². The van der Waals surface area contributed by atoms with Crippen LogP contribution in [0.4, 0.5) is 4.79 Å². The number of quaternary nitrogens is 1. The van der Waals surface area contributed by atoms with E-state index in [4.69, 9.17) is 15.2 Å². The van der Waals surface area contributed by atoms with E-state index < -0.39 is 6.03 Å². The number of rotatable bonds is 8. The van der Waals surface area contributed by atoms with Gasteiger partial charge in [0.1, 0.15) is 0 Å². The lowest BCUT2D eigenvalue weighted by Gasteiger charge is -2.17. The van der Waals surface area contributed by atoms with E-state index in [-0.39, 0.29) is 17.9 Å². The summed E-state index contributed by atoms with van der Waals surface area (Å²) in [5.41, 5.74) is 6.08. The van der Waals surface area contributed by atoms with Gasteiger partial charge < -0.3 is 20.5 Å². The number of hydrogen-bond acceptors (Lipinski definition) is 4. The fraction of sp³-hybridized carbons (Fsp3) is 0.500. The van der Waals surface area contributed by atoms with Crippen LogP contribution in [-0.4, -0.2) is 38.7 Å². The van der Waals surface area contributed by atoms with Gasteiger partial charge in [-0.05, 0) is 17.7 Å². The molecule has 5 N–H and O–H groups in total. The predicted molar refractivity (Wildman–Crippen MR) is 86.4 cm³/mol. The predicted octanol–water partition coefficient (Wildman–Crippen LogP) is 0.0292. The van der Waals surface area contributed by atoms with E-state index in [2.05, 4.69) is 5.32 Å². The van der Waals surface area contributed by atoms with Gasteiger partial charge in [0.15, 0.2) is 17.5 Å². The number of benzene rings is 1. The van der Waals surface area contributed by atoms with Gasteiger partial charge in [0, 0.05) is 12.3 Å². The smallest absolute Gasteiger partial charge is 0.319 e. The maximum atomic E-state index is 11.9. The number of amides is 3. The fourth-order valence-corrected chi connectivity index (χ4v) is 2.35. The first kappa shape index (κ1) is 18.8. The third-order valence-corrected chi connectivity index (χ3v) is 3.57. The van der Waals surface area contributed by atoms with Gasteiger partial charge >= 0.3 is 6.03 Å². The molecule has 0 aliphatic heterocycles. The Morgan fingerprint density at radius 3 is 2.39 bits per heavy atom. The summed E-state index contributed by atoms with van der Waals surface area (Å²) in [6.07, 6.45) is 0.757. The highest BCUT2D eigenvalue weighted by molar-refractivity contribution is 5.95. The summed E-state index contributed by atoms with van der Waals surface area (Å²) in [4.78, 5) is 22.8. The number of urea groups is 1. The van der Waals surface area contributed by atoms with Gasteiger partial charge in [-0.25, -0.2) is 4.79 Å². The third kappa shape index (κ3) is 5.78. The number of nitrogens with two attached hydrogens (primary N) is 2. The highest BCUT2D eigenvalue weighted by Gasteiger charge is 2.26. The van der Waals surface area contributed by atoms with Crippen LogP contribution in [-0.2, 0) is 11.2 Å². The Hall–Kier alpha value is -2.28. The molecule has 0 radical (unpaired) electrons. The van der Waals surface area contributed by atoms with Crippen LogP contribution in [0.25, 0.3) is 0 Å². The molecule has 128 valence electrons. The van der Waals surface area contributed by atoms with E-state index in [0.29, 0.717) is 18.0 Å². The number of methoxy groups -OCH3 is 2. The molecule has 0 fully saturated rings. The van der Waals surface area contributed by atoms with Crippen molar-refractivity contribution in [1.82, 2.24) is 5.32 Å². The zero-order valence-electron chi connectivity index (χ0n) is 14.1. The van der Waals surface area contributed by atoms with Crippen LogP contribution in [0.5, 0.6) is 11.5 Å². The SMILES string of the molecule is COc1ccc(CC[NH2+][C@@H](C(=O)NC(N)=O)C(C)C)cc1OC. The quantitative estimate of drug-likeness (QED) is 0.627. The summed E-state index contributed by atoms with van der Waals surface area (Å²) >= 11 is 0. The van der Waals surface area contributed by atoms with Crippen LogP contribution in [0.15, 0.2) is 18.2 Å². The minimum Gasteiger partial charge on any atom is -0.493 e. The van der Waals surface area contributed by atoms with Crippen LogP contribution in [0.3, 0.4) is 0 Å². The Bertz CT molecular complexity index is 546. The zero-order chi connectivity index (χ0) is 17.4. The first-order chi connectivity index (χ1) is 10.9. The molecule has 1 aromatic rings. The Morgan fingerprint density at radius 1 is 1.22 bits per heavy atom. The van der Waals surface area contributed by atoms with E-state index >= 15 is 0 Å². The number of imide groups is 1. The van der Waals surface area contributed by atoms with Gasteiger partial charge in [0.05, 0.1) is 20.8 Å². The van der Waals surface area contributed by atoms with E-state index in [1.165, 1.54) is 0 Å². The van der Waals surface area contributed by atoms with E-state index in [1.807, 2.05) is 37.4 Å². The maximum Gasteiger partial charge on any atom is 0.319 e. The molecule has 7 heteroatoms. The van der Waals surface area contributed by atoms with E-state index in [9.17, 15) is 9.59 Å². The lowest BCUT2D eigenvalue weighted by molar-refractivity contribution is -0.681. The Kier molecular flexibility index (Phi) is 7.34. The van der Waals surface area contributed by atoms with Gasteiger partial charge in [-0.15, -0.1) is 0 Å². The molecule has 0 unspecified atom stereocenters. The molecule has 3 amide bonds. The van der Waals surface area contributed by atoms with E-state index in [1.54, 1.807) is 14.2 Å². The standard InChI is InChI=1S/C16H25N3O4/c1-10(2)14(15(20)19-16(17)21)18-8-7-11-5-6-12(22-3)13(9-11)23-4/h5-6,9-10,14,18H,7-8H2,1-4H3,(H3,17,19,20,21)/p+1/t14-/m1/s1. The molecule has 0 bridgehead atoms. The Labute approximate surface area is 136 Å². The van der Waals surface area contributed by atoms with Gasteiger partial charge in [-0.3, -0.25) is 10.1 Å². The van der Waals surface area contributed by atoms with Gasteiger partial charge in [-0.1, -0.05) is 19.9 Å². The minimum atomic E-state index is -0.825. The van der Waals surface area contributed by atoms with Crippen molar-refractivity contribution in [2.75, 3.05) is 20.8 Å². The first-order valence-electron chi connectivity index (χ1n) is 7.53. The second-order valence-corrected chi connectivity index (χ2v) is 5.59. The van der Waals surface area contributed by atoms with Gasteiger partial charge in [0.2, 0.25) is 0 Å². The molecule has 0 aliphatic rings. The molecule has 0 aliphatic carbocycles. The maximum absolute atomic E-state index is 11.9. The molecule has 1 aromatic carbocycles. The van der Waals surface area contributed by atoms with Crippen molar-refractivity contribution in [2.24, 2.45) is 11.7 Å². The monoisotopic (exact) mass is 324 g/mol. The second-order valence-electron chi connectivity index (χ2n) is 5.59. The molecule has 23 heavy (non-hydrogen) atoms. The third-order valence-electron chi connectivity index (χ3n) is 3.57. The topological polar surface area (TPSA) is 107 Å². The van der Waals surface area contributed by atoms with Crippen molar-refractivity contribution in [3.05, 3.63) is 23.8 Å². The first-order valence-corrected chi connectivity index (χ1v) is 7.53. The molecular formula is C16H26N3O4+. The zero-order valence-corrected chi connectivity index (χ0v) is 14.1. The molecule has 0 saturated carbocycles. The Balaban J connectivity index is 2.63. The lowest BCUT2D eigenvalue weighted by Crippen LogP contribution is -2.94. The molecular weight excluding hydrogens is 298 g/mol. The molecule has 1 rings (SSSR count). The number of hydrogen-bond donors (Lipinski definition) is 3. The summed E-state index contributed by atoms with van der Waals surface area (Å²) < 4.78 is 10.5. The second kappa shape index (κ2) is 8.99. The minimum absolute atomic E-state index is 0.0831. The number of ether oxygens (including phenoxy) is 2. The van der Waals surface area contributed by atoms with Crippen molar-refractivity contribution in [2.45, 2.75) is 26.3 Å². The molecule has 0 spiro atoms. The van der Waals surface area contributed by atoms with Crippen molar-refractivity contribution in [3.63, 3.8) is 0 Å². The van der Waals surface area contributed by atoms with Crippen molar-refractivity contribution in [1.29, 1.82) is 0 Å². The van der Waals surface area contributed by atoms with Crippen LogP contribution >= 0.6 is 0 Å².